The fourth-order valence-electron chi connectivity index (χ4n) is 4.04. The predicted octanol–water partition coefficient (Wildman–Crippen LogP) is 8.19. The van der Waals surface area contributed by atoms with Crippen molar-refractivity contribution in [1.82, 2.24) is 4.98 Å². The molecule has 1 saturated carbocycles. The van der Waals surface area contributed by atoms with E-state index >= 15 is 0 Å². The summed E-state index contributed by atoms with van der Waals surface area (Å²) >= 11 is 7.32. The van der Waals surface area contributed by atoms with Crippen LogP contribution in [-0.2, 0) is 17.3 Å². The minimum atomic E-state index is 0.136. The van der Waals surface area contributed by atoms with E-state index in [2.05, 4.69) is 64.7 Å². The van der Waals surface area contributed by atoms with Crippen molar-refractivity contribution < 1.29 is 0 Å². The second kappa shape index (κ2) is 7.83. The second-order valence-corrected chi connectivity index (χ2v) is 12.0. The summed E-state index contributed by atoms with van der Waals surface area (Å²) in [4.78, 5) is 4.90. The van der Waals surface area contributed by atoms with E-state index in [1.807, 2.05) is 0 Å². The zero-order valence-corrected chi connectivity index (χ0v) is 19.5. The number of thiazole rings is 1. The normalized spacial score (nSPS) is 16.7. The summed E-state index contributed by atoms with van der Waals surface area (Å²) in [5, 5.41) is 0. The molecule has 27 heavy (non-hydrogen) atoms. The average Bonchev–Trinajstić information content (AvgIpc) is 2.94. The van der Waals surface area contributed by atoms with Gasteiger partial charge in [-0.15, -0.1) is 11.3 Å². The fourth-order valence-corrected chi connectivity index (χ4v) is 5.27. The Kier molecular flexibility index (Phi) is 6.03. The molecule has 0 bridgehead atoms. The summed E-state index contributed by atoms with van der Waals surface area (Å²) < 4.78 is 0.911. The van der Waals surface area contributed by atoms with E-state index in [4.69, 9.17) is 12.2 Å². The third-order valence-electron chi connectivity index (χ3n) is 5.87. The summed E-state index contributed by atoms with van der Waals surface area (Å²) in [7, 11) is 0. The van der Waals surface area contributed by atoms with Crippen LogP contribution in [0.1, 0.15) is 90.5 Å². The van der Waals surface area contributed by atoms with Gasteiger partial charge in [-0.05, 0) is 64.2 Å². The molecule has 0 radical (unpaired) electrons. The maximum absolute atomic E-state index is 5.56. The molecule has 2 aromatic rings. The van der Waals surface area contributed by atoms with Gasteiger partial charge in [-0.25, -0.2) is 0 Å². The zero-order chi connectivity index (χ0) is 19.8. The van der Waals surface area contributed by atoms with Crippen LogP contribution in [0.4, 0.5) is 0 Å². The van der Waals surface area contributed by atoms with Crippen LogP contribution >= 0.6 is 23.6 Å². The molecule has 1 aliphatic rings. The Morgan fingerprint density at radius 3 is 2.00 bits per heavy atom. The van der Waals surface area contributed by atoms with Crippen molar-refractivity contribution in [2.75, 3.05) is 0 Å². The van der Waals surface area contributed by atoms with Crippen LogP contribution in [0.2, 0.25) is 0 Å². The van der Waals surface area contributed by atoms with Crippen molar-refractivity contribution in [3.8, 4) is 10.4 Å². The van der Waals surface area contributed by atoms with Gasteiger partial charge in [0.05, 0.1) is 4.88 Å². The van der Waals surface area contributed by atoms with Crippen LogP contribution in [0.15, 0.2) is 18.2 Å². The molecule has 3 rings (SSSR count). The molecule has 1 nitrogen and oxygen atoms in total. The minimum absolute atomic E-state index is 0.136. The van der Waals surface area contributed by atoms with Crippen molar-refractivity contribution in [2.24, 2.45) is 5.92 Å². The summed E-state index contributed by atoms with van der Waals surface area (Å²) in [5.74, 6) is 0.811. The van der Waals surface area contributed by atoms with E-state index in [1.54, 1.807) is 11.3 Å². The molecule has 0 unspecified atom stereocenters. The molecule has 3 heteroatoms. The maximum atomic E-state index is 5.56. The number of hydrogen-bond acceptors (Lipinski definition) is 2. The first-order valence-electron chi connectivity index (χ1n) is 10.4. The number of benzene rings is 1. The van der Waals surface area contributed by atoms with Gasteiger partial charge < -0.3 is 4.98 Å². The van der Waals surface area contributed by atoms with Gasteiger partial charge in [-0.2, -0.15) is 0 Å². The van der Waals surface area contributed by atoms with Gasteiger partial charge in [-0.1, -0.05) is 79.7 Å². The van der Waals surface area contributed by atoms with Crippen molar-refractivity contribution in [3.63, 3.8) is 0 Å². The monoisotopic (exact) mass is 401 g/mol. The molecule has 148 valence electrons. The number of rotatable bonds is 3. The number of H-pyrrole nitrogens is 1. The standard InChI is InChI=1S/C24H35NS2/c1-23(2,3)18-13-17(14-19(15-18)24(4,5)6)21-20(25-22(26)27-21)12-16-10-8-7-9-11-16/h13-16H,7-12H2,1-6H3,(H,25,26). The van der Waals surface area contributed by atoms with Gasteiger partial charge in [0.15, 0.2) is 3.95 Å². The summed E-state index contributed by atoms with van der Waals surface area (Å²) in [6.45, 7) is 13.8. The summed E-state index contributed by atoms with van der Waals surface area (Å²) in [6.07, 6.45) is 8.06. The van der Waals surface area contributed by atoms with Gasteiger partial charge in [-0.3, -0.25) is 0 Å². The molecule has 1 aliphatic carbocycles. The quantitative estimate of drug-likeness (QED) is 0.512. The van der Waals surface area contributed by atoms with Gasteiger partial charge in [0, 0.05) is 5.69 Å². The Hall–Kier alpha value is -0.930. The van der Waals surface area contributed by atoms with Crippen LogP contribution < -0.4 is 0 Å². The molecule has 0 atom stereocenters. The molecule has 1 N–H and O–H groups in total. The lowest BCUT2D eigenvalue weighted by atomic mass is 9.79. The van der Waals surface area contributed by atoms with Crippen molar-refractivity contribution in [1.29, 1.82) is 0 Å². The lowest BCUT2D eigenvalue weighted by Gasteiger charge is -2.26. The molecule has 0 saturated heterocycles. The van der Waals surface area contributed by atoms with Gasteiger partial charge in [0.2, 0.25) is 0 Å². The van der Waals surface area contributed by atoms with Crippen LogP contribution in [0, 0.1) is 9.87 Å². The Bertz CT molecular complexity index is 804. The number of aromatic amines is 1. The van der Waals surface area contributed by atoms with E-state index < -0.39 is 0 Å². The first-order chi connectivity index (χ1) is 12.5. The first-order valence-corrected chi connectivity index (χ1v) is 11.6. The number of hydrogen-bond donors (Lipinski definition) is 1. The zero-order valence-electron chi connectivity index (χ0n) is 17.9. The molecule has 0 spiro atoms. The number of aromatic nitrogens is 1. The van der Waals surface area contributed by atoms with Crippen molar-refractivity contribution in [3.05, 3.63) is 39.0 Å². The lowest BCUT2D eigenvalue weighted by molar-refractivity contribution is 0.355. The highest BCUT2D eigenvalue weighted by molar-refractivity contribution is 7.73. The predicted molar refractivity (Wildman–Crippen MR) is 123 cm³/mol. The smallest absolute Gasteiger partial charge is 0.159 e. The van der Waals surface area contributed by atoms with Crippen LogP contribution in [0.5, 0.6) is 0 Å². The Morgan fingerprint density at radius 1 is 0.926 bits per heavy atom. The lowest BCUT2D eigenvalue weighted by Crippen LogP contribution is -2.16. The fraction of sp³-hybridized carbons (Fsp3) is 0.625. The highest BCUT2D eigenvalue weighted by Crippen LogP contribution is 2.38. The third-order valence-corrected chi connectivity index (χ3v) is 7.19. The highest BCUT2D eigenvalue weighted by atomic mass is 32.1. The Balaban J connectivity index is 2.06. The molecular formula is C24H35NS2. The maximum Gasteiger partial charge on any atom is 0.159 e. The average molecular weight is 402 g/mol. The SMILES string of the molecule is CC(C)(C)c1cc(-c2sc(=S)[nH]c2CC2CCCCC2)cc(C(C)(C)C)c1. The highest BCUT2D eigenvalue weighted by Gasteiger charge is 2.23. The van der Waals surface area contributed by atoms with E-state index in [-0.39, 0.29) is 10.8 Å². The van der Waals surface area contributed by atoms with E-state index in [9.17, 15) is 0 Å². The molecule has 0 aliphatic heterocycles. The molecule has 1 heterocycles. The number of nitrogens with one attached hydrogen (secondary N) is 1. The van der Waals surface area contributed by atoms with Gasteiger partial charge in [0.1, 0.15) is 0 Å². The largest absolute Gasteiger partial charge is 0.340 e. The molecule has 1 aromatic carbocycles. The van der Waals surface area contributed by atoms with Crippen LogP contribution in [-0.4, -0.2) is 4.98 Å². The van der Waals surface area contributed by atoms with Gasteiger partial charge >= 0.3 is 0 Å². The Morgan fingerprint density at radius 2 is 1.48 bits per heavy atom. The van der Waals surface area contributed by atoms with Gasteiger partial charge in [0.25, 0.3) is 0 Å². The van der Waals surface area contributed by atoms with Crippen LogP contribution in [0.3, 0.4) is 0 Å². The molecule has 0 amide bonds. The molecular weight excluding hydrogens is 366 g/mol. The first kappa shape index (κ1) is 20.8. The third kappa shape index (κ3) is 5.12. The van der Waals surface area contributed by atoms with Crippen molar-refractivity contribution in [2.45, 2.75) is 90.9 Å². The van der Waals surface area contributed by atoms with Crippen molar-refractivity contribution >= 4 is 23.6 Å². The molecule has 1 aromatic heterocycles. The molecule has 1 fully saturated rings. The van der Waals surface area contributed by atoms with E-state index in [0.29, 0.717) is 0 Å². The summed E-state index contributed by atoms with van der Waals surface area (Å²) in [5.41, 5.74) is 5.80. The summed E-state index contributed by atoms with van der Waals surface area (Å²) in [6, 6.07) is 7.19. The topological polar surface area (TPSA) is 15.8 Å². The van der Waals surface area contributed by atoms with E-state index in [1.165, 1.54) is 59.4 Å². The van der Waals surface area contributed by atoms with Crippen LogP contribution in [0.25, 0.3) is 10.4 Å². The second-order valence-electron chi connectivity index (χ2n) is 10.3. The Labute approximate surface area is 174 Å². The minimum Gasteiger partial charge on any atom is -0.340 e. The van der Waals surface area contributed by atoms with E-state index in [0.717, 1.165) is 16.3 Å².